The molecule has 0 aliphatic carbocycles. The summed E-state index contributed by atoms with van der Waals surface area (Å²) in [7, 11) is 0. The zero-order valence-corrected chi connectivity index (χ0v) is 10.4. The van der Waals surface area contributed by atoms with Crippen LogP contribution in [0.1, 0.15) is 23.6 Å². The number of nitrogens with two attached hydrogens (primary N) is 1. The lowest BCUT2D eigenvalue weighted by molar-refractivity contribution is -0.137. The highest BCUT2D eigenvalue weighted by molar-refractivity contribution is 6.30. The smallest absolute Gasteiger partial charge is 0.324 e. The van der Waals surface area contributed by atoms with Crippen LogP contribution >= 0.6 is 24.0 Å². The van der Waals surface area contributed by atoms with Gasteiger partial charge in [0, 0.05) is 11.1 Å². The molecule has 17 heavy (non-hydrogen) atoms. The molecule has 1 aromatic rings. The molecule has 0 aliphatic heterocycles. The first-order valence-electron chi connectivity index (χ1n) is 4.58. The lowest BCUT2D eigenvalue weighted by atomic mass is 10.0. The van der Waals surface area contributed by atoms with Crippen molar-refractivity contribution < 1.29 is 13.2 Å². The second kappa shape index (κ2) is 6.28. The van der Waals surface area contributed by atoms with Gasteiger partial charge in [-0.1, -0.05) is 17.7 Å². The predicted octanol–water partition coefficient (Wildman–Crippen LogP) is 4.36. The predicted molar refractivity (Wildman–Crippen MR) is 65.4 cm³/mol. The number of hydrogen-bond donors (Lipinski definition) is 1. The molecule has 0 amide bonds. The van der Waals surface area contributed by atoms with Gasteiger partial charge in [0.05, 0.1) is 5.56 Å². The zero-order chi connectivity index (χ0) is 12.3. The fourth-order valence-corrected chi connectivity index (χ4v) is 1.55. The van der Waals surface area contributed by atoms with Gasteiger partial charge in [0.15, 0.2) is 0 Å². The Labute approximate surface area is 109 Å². The molecule has 1 aromatic carbocycles. The second-order valence-corrected chi connectivity index (χ2v) is 3.84. The second-order valence-electron chi connectivity index (χ2n) is 3.40. The van der Waals surface area contributed by atoms with Crippen molar-refractivity contribution in [2.75, 3.05) is 0 Å². The molecule has 0 saturated carbocycles. The van der Waals surface area contributed by atoms with E-state index in [0.717, 1.165) is 12.1 Å². The number of halogens is 5. The first-order valence-corrected chi connectivity index (χ1v) is 4.96. The molecule has 0 heterocycles. The Morgan fingerprint density at radius 3 is 2.41 bits per heavy atom. The van der Waals surface area contributed by atoms with Crippen LogP contribution in [0.5, 0.6) is 0 Å². The first kappa shape index (κ1) is 16.3. The SMILES string of the molecule is C=CC[C@H](N)c1cc(Cl)cc(C(F)(F)F)c1.Cl. The van der Waals surface area contributed by atoms with Crippen LogP contribution in [-0.2, 0) is 6.18 Å². The maximum Gasteiger partial charge on any atom is 0.416 e. The molecule has 0 aliphatic rings. The Balaban J connectivity index is 0.00000256. The van der Waals surface area contributed by atoms with E-state index in [9.17, 15) is 13.2 Å². The fraction of sp³-hybridized carbons (Fsp3) is 0.273. The summed E-state index contributed by atoms with van der Waals surface area (Å²) >= 11 is 5.62. The van der Waals surface area contributed by atoms with Gasteiger partial charge in [-0.05, 0) is 30.2 Å². The Morgan fingerprint density at radius 1 is 1.35 bits per heavy atom. The lowest BCUT2D eigenvalue weighted by Crippen LogP contribution is -2.12. The van der Waals surface area contributed by atoms with Gasteiger partial charge in [0.1, 0.15) is 0 Å². The maximum absolute atomic E-state index is 12.5. The van der Waals surface area contributed by atoms with Gasteiger partial charge in [-0.15, -0.1) is 19.0 Å². The van der Waals surface area contributed by atoms with Crippen molar-refractivity contribution in [2.45, 2.75) is 18.6 Å². The Hall–Kier alpha value is -0.710. The van der Waals surface area contributed by atoms with E-state index in [1.165, 1.54) is 6.07 Å². The lowest BCUT2D eigenvalue weighted by Gasteiger charge is -2.13. The van der Waals surface area contributed by atoms with Crippen LogP contribution in [0, 0.1) is 0 Å². The number of alkyl halides is 3. The van der Waals surface area contributed by atoms with Crippen molar-refractivity contribution in [1.29, 1.82) is 0 Å². The number of rotatable bonds is 3. The molecule has 1 atom stereocenters. The summed E-state index contributed by atoms with van der Waals surface area (Å²) in [4.78, 5) is 0. The molecule has 0 radical (unpaired) electrons. The molecule has 1 nitrogen and oxygen atoms in total. The number of hydrogen-bond acceptors (Lipinski definition) is 1. The summed E-state index contributed by atoms with van der Waals surface area (Å²) in [6.07, 6.45) is -2.45. The van der Waals surface area contributed by atoms with Gasteiger partial charge < -0.3 is 5.73 Å². The van der Waals surface area contributed by atoms with E-state index in [4.69, 9.17) is 17.3 Å². The molecule has 0 saturated heterocycles. The third-order valence-electron chi connectivity index (χ3n) is 2.10. The molecule has 96 valence electrons. The van der Waals surface area contributed by atoms with E-state index in [2.05, 4.69) is 6.58 Å². The van der Waals surface area contributed by atoms with Gasteiger partial charge in [0.2, 0.25) is 0 Å². The highest BCUT2D eigenvalue weighted by Gasteiger charge is 2.31. The minimum atomic E-state index is -4.41. The van der Waals surface area contributed by atoms with Crippen LogP contribution in [0.25, 0.3) is 0 Å². The van der Waals surface area contributed by atoms with Crippen LogP contribution in [0.4, 0.5) is 13.2 Å². The van der Waals surface area contributed by atoms with Crippen molar-refractivity contribution in [3.63, 3.8) is 0 Å². The standard InChI is InChI=1S/C11H11ClF3N.ClH/c1-2-3-10(16)7-4-8(11(13,14)15)6-9(12)5-7;/h2,4-6,10H,1,3,16H2;1H/t10-;/m0./s1. The van der Waals surface area contributed by atoms with Crippen LogP contribution in [0.3, 0.4) is 0 Å². The third kappa shape index (κ3) is 4.58. The molecule has 6 heteroatoms. The van der Waals surface area contributed by atoms with Crippen molar-refractivity contribution in [2.24, 2.45) is 5.73 Å². The highest BCUT2D eigenvalue weighted by Crippen LogP contribution is 2.33. The summed E-state index contributed by atoms with van der Waals surface area (Å²) in [5.74, 6) is 0. The van der Waals surface area contributed by atoms with Crippen molar-refractivity contribution in [3.8, 4) is 0 Å². The van der Waals surface area contributed by atoms with Gasteiger partial charge in [0.25, 0.3) is 0 Å². The Bertz CT molecular complexity index is 391. The molecule has 0 unspecified atom stereocenters. The van der Waals surface area contributed by atoms with E-state index < -0.39 is 17.8 Å². The first-order chi connectivity index (χ1) is 7.34. The van der Waals surface area contributed by atoms with E-state index in [1.54, 1.807) is 6.08 Å². The Morgan fingerprint density at radius 2 is 1.94 bits per heavy atom. The van der Waals surface area contributed by atoms with E-state index in [1.807, 2.05) is 0 Å². The van der Waals surface area contributed by atoms with Crippen molar-refractivity contribution >= 4 is 24.0 Å². The Kier molecular flexibility index (Phi) is 6.02. The molecular weight excluding hydrogens is 274 g/mol. The van der Waals surface area contributed by atoms with Crippen LogP contribution in [-0.4, -0.2) is 0 Å². The molecule has 1 rings (SSSR count). The fourth-order valence-electron chi connectivity index (χ4n) is 1.31. The summed E-state index contributed by atoms with van der Waals surface area (Å²) < 4.78 is 37.4. The molecule has 0 spiro atoms. The van der Waals surface area contributed by atoms with Crippen molar-refractivity contribution in [1.82, 2.24) is 0 Å². The summed E-state index contributed by atoms with van der Waals surface area (Å²) in [5.41, 5.74) is 5.27. The van der Waals surface area contributed by atoms with Gasteiger partial charge >= 0.3 is 6.18 Å². The van der Waals surface area contributed by atoms with Gasteiger partial charge in [-0.25, -0.2) is 0 Å². The molecule has 2 N–H and O–H groups in total. The minimum absolute atomic E-state index is 0. The topological polar surface area (TPSA) is 26.0 Å². The molecular formula is C11H12Cl2F3N. The molecule has 0 fully saturated rings. The van der Waals surface area contributed by atoms with E-state index >= 15 is 0 Å². The van der Waals surface area contributed by atoms with Gasteiger partial charge in [-0.2, -0.15) is 13.2 Å². The average molecular weight is 286 g/mol. The molecule has 0 bridgehead atoms. The zero-order valence-electron chi connectivity index (χ0n) is 8.80. The third-order valence-corrected chi connectivity index (χ3v) is 2.31. The van der Waals surface area contributed by atoms with E-state index in [-0.39, 0.29) is 17.4 Å². The van der Waals surface area contributed by atoms with E-state index in [0.29, 0.717) is 12.0 Å². The van der Waals surface area contributed by atoms with Crippen molar-refractivity contribution in [3.05, 3.63) is 47.0 Å². The summed E-state index contributed by atoms with van der Waals surface area (Å²) in [6, 6.07) is 2.81. The van der Waals surface area contributed by atoms with Crippen LogP contribution in [0.2, 0.25) is 5.02 Å². The largest absolute Gasteiger partial charge is 0.416 e. The van der Waals surface area contributed by atoms with Crippen LogP contribution < -0.4 is 5.73 Å². The normalized spacial score (nSPS) is 12.8. The minimum Gasteiger partial charge on any atom is -0.324 e. The summed E-state index contributed by atoms with van der Waals surface area (Å²) in [5, 5.41) is 0.0318. The van der Waals surface area contributed by atoms with Crippen LogP contribution in [0.15, 0.2) is 30.9 Å². The summed E-state index contributed by atoms with van der Waals surface area (Å²) in [6.45, 7) is 3.48. The quantitative estimate of drug-likeness (QED) is 0.821. The maximum atomic E-state index is 12.5. The number of benzene rings is 1. The average Bonchev–Trinajstić information content (AvgIpc) is 2.16. The highest BCUT2D eigenvalue weighted by atomic mass is 35.5. The monoisotopic (exact) mass is 285 g/mol. The van der Waals surface area contributed by atoms with Gasteiger partial charge in [-0.3, -0.25) is 0 Å². The molecule has 0 aromatic heterocycles.